The van der Waals surface area contributed by atoms with Gasteiger partial charge < -0.3 is 10.6 Å². The molecule has 12 heavy (non-hydrogen) atoms. The molecule has 1 aliphatic rings. The van der Waals surface area contributed by atoms with Crippen molar-refractivity contribution < 1.29 is 0 Å². The maximum atomic E-state index is 4.12. The Bertz CT molecular complexity index is 159. The molecule has 0 aromatic heterocycles. The van der Waals surface area contributed by atoms with Crippen LogP contribution in [0.5, 0.6) is 0 Å². The fourth-order valence-corrected chi connectivity index (χ4v) is 1.03. The molecule has 1 rings (SSSR count). The van der Waals surface area contributed by atoms with E-state index in [1.54, 1.807) is 0 Å². The molecule has 0 saturated heterocycles. The predicted molar refractivity (Wildman–Crippen MR) is 52.4 cm³/mol. The summed E-state index contributed by atoms with van der Waals surface area (Å²) in [5.41, 5.74) is 0. The van der Waals surface area contributed by atoms with E-state index in [0.29, 0.717) is 6.04 Å². The highest BCUT2D eigenvalue weighted by molar-refractivity contribution is 5.79. The lowest BCUT2D eigenvalue weighted by atomic mass is 10.4. The topological polar surface area (TPSA) is 36.4 Å². The quantitative estimate of drug-likeness (QED) is 0.488. The van der Waals surface area contributed by atoms with Crippen LogP contribution >= 0.6 is 0 Å². The van der Waals surface area contributed by atoms with E-state index in [4.69, 9.17) is 0 Å². The zero-order valence-corrected chi connectivity index (χ0v) is 8.22. The SMILES string of the molecule is CN=C(NCC1CC1)NC(C)C. The number of aliphatic imine (C=N–C) groups is 1. The first kappa shape index (κ1) is 9.36. The van der Waals surface area contributed by atoms with Gasteiger partial charge in [-0.2, -0.15) is 0 Å². The van der Waals surface area contributed by atoms with Gasteiger partial charge in [-0.25, -0.2) is 0 Å². The lowest BCUT2D eigenvalue weighted by Gasteiger charge is -2.13. The lowest BCUT2D eigenvalue weighted by molar-refractivity contribution is 0.681. The van der Waals surface area contributed by atoms with E-state index in [0.717, 1.165) is 18.4 Å². The van der Waals surface area contributed by atoms with Crippen LogP contribution in [0.25, 0.3) is 0 Å². The number of rotatable bonds is 3. The van der Waals surface area contributed by atoms with Crippen LogP contribution in [-0.4, -0.2) is 25.6 Å². The molecule has 2 N–H and O–H groups in total. The summed E-state index contributed by atoms with van der Waals surface area (Å²) in [5.74, 6) is 1.83. The highest BCUT2D eigenvalue weighted by atomic mass is 15.2. The van der Waals surface area contributed by atoms with Crippen LogP contribution in [0.1, 0.15) is 26.7 Å². The van der Waals surface area contributed by atoms with Crippen molar-refractivity contribution in [3.05, 3.63) is 0 Å². The predicted octanol–water partition coefficient (Wildman–Crippen LogP) is 0.970. The Balaban J connectivity index is 2.15. The zero-order valence-electron chi connectivity index (χ0n) is 8.22. The molecule has 1 aliphatic carbocycles. The number of hydrogen-bond acceptors (Lipinski definition) is 1. The van der Waals surface area contributed by atoms with Gasteiger partial charge >= 0.3 is 0 Å². The number of nitrogens with zero attached hydrogens (tertiary/aromatic N) is 1. The van der Waals surface area contributed by atoms with Crippen molar-refractivity contribution in [2.75, 3.05) is 13.6 Å². The molecule has 0 spiro atoms. The first-order valence-corrected chi connectivity index (χ1v) is 4.69. The standard InChI is InChI=1S/C9H19N3/c1-7(2)12-9(10-3)11-6-8-4-5-8/h7-8H,4-6H2,1-3H3,(H2,10,11,12). The first-order valence-electron chi connectivity index (χ1n) is 4.69. The van der Waals surface area contributed by atoms with Crippen LogP contribution in [0, 0.1) is 5.92 Å². The van der Waals surface area contributed by atoms with Crippen LogP contribution in [0.15, 0.2) is 4.99 Å². The third kappa shape index (κ3) is 3.60. The van der Waals surface area contributed by atoms with E-state index in [1.807, 2.05) is 7.05 Å². The van der Waals surface area contributed by atoms with Crippen molar-refractivity contribution in [3.8, 4) is 0 Å². The second-order valence-electron chi connectivity index (χ2n) is 3.70. The highest BCUT2D eigenvalue weighted by Gasteiger charge is 2.20. The zero-order chi connectivity index (χ0) is 8.97. The minimum Gasteiger partial charge on any atom is -0.356 e. The maximum Gasteiger partial charge on any atom is 0.191 e. The highest BCUT2D eigenvalue weighted by Crippen LogP contribution is 2.27. The molecule has 0 unspecified atom stereocenters. The smallest absolute Gasteiger partial charge is 0.191 e. The van der Waals surface area contributed by atoms with Crippen molar-refractivity contribution in [1.29, 1.82) is 0 Å². The van der Waals surface area contributed by atoms with E-state index in [-0.39, 0.29) is 0 Å². The van der Waals surface area contributed by atoms with Crippen molar-refractivity contribution >= 4 is 5.96 Å². The molecule has 0 aliphatic heterocycles. The molecule has 1 saturated carbocycles. The van der Waals surface area contributed by atoms with Gasteiger partial charge in [-0.15, -0.1) is 0 Å². The van der Waals surface area contributed by atoms with Crippen molar-refractivity contribution in [2.45, 2.75) is 32.7 Å². The van der Waals surface area contributed by atoms with E-state index in [9.17, 15) is 0 Å². The molecule has 0 heterocycles. The van der Waals surface area contributed by atoms with Crippen LogP contribution < -0.4 is 10.6 Å². The summed E-state index contributed by atoms with van der Waals surface area (Å²) in [6, 6.07) is 0.454. The van der Waals surface area contributed by atoms with Crippen LogP contribution in [-0.2, 0) is 0 Å². The number of guanidine groups is 1. The fourth-order valence-electron chi connectivity index (χ4n) is 1.03. The average Bonchev–Trinajstić information content (AvgIpc) is 2.80. The monoisotopic (exact) mass is 169 g/mol. The second-order valence-corrected chi connectivity index (χ2v) is 3.70. The van der Waals surface area contributed by atoms with Gasteiger partial charge in [0, 0.05) is 19.6 Å². The Labute approximate surface area is 74.6 Å². The Kier molecular flexibility index (Phi) is 3.38. The molecule has 0 bridgehead atoms. The van der Waals surface area contributed by atoms with Gasteiger partial charge in [0.25, 0.3) is 0 Å². The van der Waals surface area contributed by atoms with Crippen LogP contribution in [0.2, 0.25) is 0 Å². The lowest BCUT2D eigenvalue weighted by Crippen LogP contribution is -2.41. The van der Waals surface area contributed by atoms with Crippen LogP contribution in [0.4, 0.5) is 0 Å². The van der Waals surface area contributed by atoms with Gasteiger partial charge in [-0.1, -0.05) is 0 Å². The molecular weight excluding hydrogens is 150 g/mol. The van der Waals surface area contributed by atoms with Gasteiger partial charge in [0.05, 0.1) is 0 Å². The molecule has 0 amide bonds. The van der Waals surface area contributed by atoms with Crippen molar-refractivity contribution in [1.82, 2.24) is 10.6 Å². The third-order valence-corrected chi connectivity index (χ3v) is 1.90. The second kappa shape index (κ2) is 4.33. The largest absolute Gasteiger partial charge is 0.356 e. The fraction of sp³-hybridized carbons (Fsp3) is 0.889. The Morgan fingerprint density at radius 1 is 1.50 bits per heavy atom. The summed E-state index contributed by atoms with van der Waals surface area (Å²) >= 11 is 0. The Hall–Kier alpha value is -0.730. The molecule has 3 nitrogen and oxygen atoms in total. The minimum absolute atomic E-state index is 0.454. The summed E-state index contributed by atoms with van der Waals surface area (Å²) in [4.78, 5) is 4.12. The van der Waals surface area contributed by atoms with Gasteiger partial charge in [0.1, 0.15) is 0 Å². The average molecular weight is 169 g/mol. The van der Waals surface area contributed by atoms with Gasteiger partial charge in [0.2, 0.25) is 0 Å². The van der Waals surface area contributed by atoms with Gasteiger partial charge in [-0.05, 0) is 32.6 Å². The molecule has 3 heteroatoms. The minimum atomic E-state index is 0.454. The maximum absolute atomic E-state index is 4.12. The first-order chi connectivity index (χ1) is 5.72. The van der Waals surface area contributed by atoms with Crippen molar-refractivity contribution in [3.63, 3.8) is 0 Å². The molecular formula is C9H19N3. The molecule has 70 valence electrons. The summed E-state index contributed by atoms with van der Waals surface area (Å²) in [7, 11) is 1.81. The molecule has 1 fully saturated rings. The van der Waals surface area contributed by atoms with Crippen molar-refractivity contribution in [2.24, 2.45) is 10.9 Å². The normalized spacial score (nSPS) is 18.2. The summed E-state index contributed by atoms with van der Waals surface area (Å²) in [6.45, 7) is 5.31. The number of hydrogen-bond donors (Lipinski definition) is 2. The van der Waals surface area contributed by atoms with E-state index < -0.39 is 0 Å². The molecule has 0 aromatic carbocycles. The summed E-state index contributed by atoms with van der Waals surface area (Å²) in [6.07, 6.45) is 2.76. The van der Waals surface area contributed by atoms with E-state index in [2.05, 4.69) is 29.5 Å². The summed E-state index contributed by atoms with van der Waals surface area (Å²) < 4.78 is 0. The molecule has 0 radical (unpaired) electrons. The van der Waals surface area contributed by atoms with E-state index >= 15 is 0 Å². The summed E-state index contributed by atoms with van der Waals surface area (Å²) in [5, 5.41) is 6.55. The Morgan fingerprint density at radius 2 is 2.17 bits per heavy atom. The number of nitrogens with one attached hydrogen (secondary N) is 2. The van der Waals surface area contributed by atoms with Gasteiger partial charge in [0.15, 0.2) is 5.96 Å². The third-order valence-electron chi connectivity index (χ3n) is 1.90. The van der Waals surface area contributed by atoms with E-state index in [1.165, 1.54) is 12.8 Å². The molecule has 0 aromatic rings. The Morgan fingerprint density at radius 3 is 2.58 bits per heavy atom. The van der Waals surface area contributed by atoms with Crippen LogP contribution in [0.3, 0.4) is 0 Å². The van der Waals surface area contributed by atoms with Gasteiger partial charge in [-0.3, -0.25) is 4.99 Å². The molecule has 0 atom stereocenters.